The van der Waals surface area contributed by atoms with Gasteiger partial charge in [-0.3, -0.25) is 4.79 Å². The van der Waals surface area contributed by atoms with E-state index in [0.29, 0.717) is 17.7 Å². The third-order valence-corrected chi connectivity index (χ3v) is 5.13. The molecule has 0 aromatic carbocycles. The molecule has 4 nitrogen and oxygen atoms in total. The number of hydrogen-bond donors (Lipinski definition) is 1. The molecule has 3 rings (SSSR count). The molecule has 1 N–H and O–H groups in total. The second-order valence-corrected chi connectivity index (χ2v) is 6.51. The molecule has 0 saturated carbocycles. The number of amides is 1. The van der Waals surface area contributed by atoms with Gasteiger partial charge in [0.1, 0.15) is 0 Å². The fourth-order valence-corrected chi connectivity index (χ4v) is 3.81. The van der Waals surface area contributed by atoms with E-state index >= 15 is 0 Å². The lowest BCUT2D eigenvalue weighted by atomic mass is 9.78. The Morgan fingerprint density at radius 1 is 1.26 bits per heavy atom. The number of hydrogen-bond acceptors (Lipinski definition) is 3. The van der Waals surface area contributed by atoms with Crippen molar-refractivity contribution >= 4 is 5.91 Å². The van der Waals surface area contributed by atoms with E-state index in [0.717, 1.165) is 45.6 Å². The predicted octanol–water partition coefficient (Wildman–Crippen LogP) is 1.55. The van der Waals surface area contributed by atoms with E-state index in [9.17, 15) is 4.79 Å². The molecule has 19 heavy (non-hydrogen) atoms. The van der Waals surface area contributed by atoms with Crippen LogP contribution in [-0.4, -0.2) is 49.7 Å². The van der Waals surface area contributed by atoms with Gasteiger partial charge >= 0.3 is 0 Å². The fraction of sp³-hybridized carbons (Fsp3) is 0.933. The minimum atomic E-state index is 0.186. The van der Waals surface area contributed by atoms with Gasteiger partial charge in [-0.2, -0.15) is 0 Å². The zero-order valence-corrected chi connectivity index (χ0v) is 11.8. The van der Waals surface area contributed by atoms with Crippen LogP contribution in [0.15, 0.2) is 0 Å². The van der Waals surface area contributed by atoms with Crippen LogP contribution in [-0.2, 0) is 9.53 Å². The third kappa shape index (κ3) is 3.11. The quantitative estimate of drug-likeness (QED) is 0.824. The van der Waals surface area contributed by atoms with Gasteiger partial charge in [0.05, 0.1) is 12.5 Å². The monoisotopic (exact) mass is 266 g/mol. The molecule has 0 aromatic heterocycles. The molecule has 0 bridgehead atoms. The first kappa shape index (κ1) is 13.4. The van der Waals surface area contributed by atoms with Gasteiger partial charge in [0.15, 0.2) is 0 Å². The van der Waals surface area contributed by atoms with Gasteiger partial charge in [0, 0.05) is 19.7 Å². The summed E-state index contributed by atoms with van der Waals surface area (Å²) in [7, 11) is 0. The molecule has 0 radical (unpaired) electrons. The van der Waals surface area contributed by atoms with E-state index in [1.165, 1.54) is 25.7 Å². The zero-order chi connectivity index (χ0) is 13.1. The summed E-state index contributed by atoms with van der Waals surface area (Å²) < 4.78 is 5.69. The molecule has 1 atom stereocenters. The predicted molar refractivity (Wildman–Crippen MR) is 73.9 cm³/mol. The second-order valence-electron chi connectivity index (χ2n) is 6.51. The topological polar surface area (TPSA) is 41.6 Å². The Morgan fingerprint density at radius 3 is 2.84 bits per heavy atom. The minimum absolute atomic E-state index is 0.186. The lowest BCUT2D eigenvalue weighted by molar-refractivity contribution is -0.134. The highest BCUT2D eigenvalue weighted by Gasteiger charge is 2.40. The highest BCUT2D eigenvalue weighted by Crippen LogP contribution is 2.38. The van der Waals surface area contributed by atoms with Gasteiger partial charge in [-0.05, 0) is 57.0 Å². The van der Waals surface area contributed by atoms with Crippen LogP contribution in [0.2, 0.25) is 0 Å². The van der Waals surface area contributed by atoms with Crippen LogP contribution < -0.4 is 5.32 Å². The maximum atomic E-state index is 12.4. The first-order valence-electron chi connectivity index (χ1n) is 7.88. The Hall–Kier alpha value is -0.610. The number of piperidine rings is 1. The van der Waals surface area contributed by atoms with Crippen molar-refractivity contribution in [3.05, 3.63) is 0 Å². The van der Waals surface area contributed by atoms with Crippen molar-refractivity contribution in [3.63, 3.8) is 0 Å². The fourth-order valence-electron chi connectivity index (χ4n) is 3.81. The van der Waals surface area contributed by atoms with Crippen molar-refractivity contribution in [2.24, 2.45) is 5.41 Å². The van der Waals surface area contributed by atoms with Gasteiger partial charge in [0.2, 0.25) is 5.91 Å². The molecule has 3 fully saturated rings. The van der Waals surface area contributed by atoms with Crippen molar-refractivity contribution < 1.29 is 9.53 Å². The van der Waals surface area contributed by atoms with Crippen molar-refractivity contribution in [3.8, 4) is 0 Å². The normalized spacial score (nSPS) is 30.7. The summed E-state index contributed by atoms with van der Waals surface area (Å²) in [6, 6.07) is 0. The SMILES string of the molecule is O=C(CC1CCCCO1)N1CCC2(CCNCC2)C1. The first-order valence-corrected chi connectivity index (χ1v) is 7.88. The first-order chi connectivity index (χ1) is 9.27. The van der Waals surface area contributed by atoms with Crippen LogP contribution in [0, 0.1) is 5.41 Å². The lowest BCUT2D eigenvalue weighted by Crippen LogP contribution is -2.40. The molecule has 1 amide bonds. The van der Waals surface area contributed by atoms with Crippen LogP contribution >= 0.6 is 0 Å². The van der Waals surface area contributed by atoms with E-state index in [2.05, 4.69) is 10.2 Å². The summed E-state index contributed by atoms with van der Waals surface area (Å²) in [4.78, 5) is 14.5. The molecule has 108 valence electrons. The molecule has 0 aromatic rings. The van der Waals surface area contributed by atoms with Crippen molar-refractivity contribution in [2.75, 3.05) is 32.8 Å². The molecule has 3 aliphatic rings. The molecule has 3 aliphatic heterocycles. The molecule has 3 heterocycles. The third-order valence-electron chi connectivity index (χ3n) is 5.13. The van der Waals surface area contributed by atoms with Crippen LogP contribution in [0.3, 0.4) is 0 Å². The van der Waals surface area contributed by atoms with Gasteiger partial charge in [0.25, 0.3) is 0 Å². The smallest absolute Gasteiger partial charge is 0.225 e. The van der Waals surface area contributed by atoms with Gasteiger partial charge < -0.3 is 15.0 Å². The van der Waals surface area contributed by atoms with E-state index in [1.807, 2.05) is 0 Å². The van der Waals surface area contributed by atoms with E-state index in [1.54, 1.807) is 0 Å². The highest BCUT2D eigenvalue weighted by atomic mass is 16.5. The maximum absolute atomic E-state index is 12.4. The van der Waals surface area contributed by atoms with Gasteiger partial charge in [-0.15, -0.1) is 0 Å². The Balaban J connectivity index is 1.50. The molecular formula is C15H26N2O2. The van der Waals surface area contributed by atoms with Gasteiger partial charge in [-0.25, -0.2) is 0 Å². The summed E-state index contributed by atoms with van der Waals surface area (Å²) in [6.45, 7) is 5.03. The van der Waals surface area contributed by atoms with Crippen molar-refractivity contribution in [1.82, 2.24) is 10.2 Å². The van der Waals surface area contributed by atoms with Crippen LogP contribution in [0.4, 0.5) is 0 Å². The number of likely N-dealkylation sites (tertiary alicyclic amines) is 1. The van der Waals surface area contributed by atoms with E-state index in [4.69, 9.17) is 4.74 Å². The Bertz CT molecular complexity index is 320. The summed E-state index contributed by atoms with van der Waals surface area (Å²) in [5, 5.41) is 3.42. The minimum Gasteiger partial charge on any atom is -0.378 e. The second kappa shape index (κ2) is 5.80. The van der Waals surface area contributed by atoms with E-state index in [-0.39, 0.29) is 6.10 Å². The molecule has 1 unspecified atom stereocenters. The molecule has 4 heteroatoms. The summed E-state index contributed by atoms with van der Waals surface area (Å²) >= 11 is 0. The Morgan fingerprint density at radius 2 is 2.11 bits per heavy atom. The van der Waals surface area contributed by atoms with Crippen LogP contribution in [0.1, 0.15) is 44.9 Å². The van der Waals surface area contributed by atoms with Crippen molar-refractivity contribution in [1.29, 1.82) is 0 Å². The zero-order valence-electron chi connectivity index (χ0n) is 11.8. The molecule has 3 saturated heterocycles. The number of carbonyl (C=O) groups is 1. The maximum Gasteiger partial charge on any atom is 0.225 e. The van der Waals surface area contributed by atoms with Gasteiger partial charge in [-0.1, -0.05) is 0 Å². The van der Waals surface area contributed by atoms with E-state index < -0.39 is 0 Å². The Labute approximate surface area is 115 Å². The highest BCUT2D eigenvalue weighted by molar-refractivity contribution is 5.77. The Kier molecular flexibility index (Phi) is 4.08. The number of nitrogens with zero attached hydrogens (tertiary/aromatic N) is 1. The summed E-state index contributed by atoms with van der Waals surface area (Å²) in [5.41, 5.74) is 0.425. The lowest BCUT2D eigenvalue weighted by Gasteiger charge is -2.34. The summed E-state index contributed by atoms with van der Waals surface area (Å²) in [6.07, 6.45) is 7.89. The number of rotatable bonds is 2. The number of ether oxygens (including phenoxy) is 1. The number of carbonyl (C=O) groups excluding carboxylic acids is 1. The molecule has 0 aliphatic carbocycles. The molecule has 1 spiro atoms. The molecular weight excluding hydrogens is 240 g/mol. The average molecular weight is 266 g/mol. The van der Waals surface area contributed by atoms with Crippen molar-refractivity contribution in [2.45, 2.75) is 51.0 Å². The van der Waals surface area contributed by atoms with Crippen LogP contribution in [0.5, 0.6) is 0 Å². The summed E-state index contributed by atoms with van der Waals surface area (Å²) in [5.74, 6) is 0.322. The standard InChI is InChI=1S/C15H26N2O2/c18-14(11-13-3-1-2-10-19-13)17-9-6-15(12-17)4-7-16-8-5-15/h13,16H,1-12H2. The average Bonchev–Trinajstić information content (AvgIpc) is 2.85. The number of nitrogens with one attached hydrogen (secondary N) is 1. The van der Waals surface area contributed by atoms with Crippen LogP contribution in [0.25, 0.3) is 0 Å². The largest absolute Gasteiger partial charge is 0.378 e.